The molecule has 0 aromatic heterocycles. The Kier molecular flexibility index (Phi) is 5.56. The van der Waals surface area contributed by atoms with E-state index in [4.69, 9.17) is 10.5 Å². The van der Waals surface area contributed by atoms with E-state index in [1.54, 1.807) is 7.11 Å². The van der Waals surface area contributed by atoms with E-state index in [0.717, 1.165) is 24.8 Å². The molecule has 20 heavy (non-hydrogen) atoms. The lowest BCUT2D eigenvalue weighted by Crippen LogP contribution is -2.37. The van der Waals surface area contributed by atoms with E-state index in [1.807, 2.05) is 35.2 Å². The molecule has 2 N–H and O–H groups in total. The molecule has 1 fully saturated rings. The molecule has 1 aliphatic carbocycles. The van der Waals surface area contributed by atoms with Crippen molar-refractivity contribution in [2.45, 2.75) is 31.8 Å². The Hall–Kier alpha value is -1.39. The number of carbonyl (C=O) groups is 1. The minimum atomic E-state index is 0.0885. The van der Waals surface area contributed by atoms with Gasteiger partial charge in [0.2, 0.25) is 5.91 Å². The standard InChI is InChI=1S/C16H24N2O2/c1-20-10-9-18(12-13-5-3-2-4-6-13)16(19)14-7-8-15(17)11-14/h2-6,14-15H,7-12,17H2,1H3. The minimum absolute atomic E-state index is 0.0885. The molecule has 1 amide bonds. The molecule has 0 aliphatic heterocycles. The number of nitrogens with zero attached hydrogens (tertiary/aromatic N) is 1. The molecule has 110 valence electrons. The summed E-state index contributed by atoms with van der Waals surface area (Å²) in [5.74, 6) is 0.310. The quantitative estimate of drug-likeness (QED) is 0.862. The fraction of sp³-hybridized carbons (Fsp3) is 0.562. The van der Waals surface area contributed by atoms with Gasteiger partial charge in [-0.15, -0.1) is 0 Å². The minimum Gasteiger partial charge on any atom is -0.383 e. The van der Waals surface area contributed by atoms with Crippen LogP contribution in [-0.4, -0.2) is 37.1 Å². The van der Waals surface area contributed by atoms with Crippen LogP contribution in [0.25, 0.3) is 0 Å². The lowest BCUT2D eigenvalue weighted by Gasteiger charge is -2.25. The monoisotopic (exact) mass is 276 g/mol. The van der Waals surface area contributed by atoms with Crippen LogP contribution in [0.1, 0.15) is 24.8 Å². The molecule has 1 aromatic carbocycles. The topological polar surface area (TPSA) is 55.6 Å². The van der Waals surface area contributed by atoms with Gasteiger partial charge in [-0.3, -0.25) is 4.79 Å². The number of hydrogen-bond donors (Lipinski definition) is 1. The molecular weight excluding hydrogens is 252 g/mol. The Morgan fingerprint density at radius 1 is 1.35 bits per heavy atom. The van der Waals surface area contributed by atoms with E-state index in [2.05, 4.69) is 0 Å². The summed E-state index contributed by atoms with van der Waals surface area (Å²) in [7, 11) is 1.66. The number of rotatable bonds is 6. The van der Waals surface area contributed by atoms with Crippen molar-refractivity contribution in [3.05, 3.63) is 35.9 Å². The van der Waals surface area contributed by atoms with Crippen molar-refractivity contribution in [3.63, 3.8) is 0 Å². The van der Waals surface area contributed by atoms with Crippen LogP contribution in [0.2, 0.25) is 0 Å². The lowest BCUT2D eigenvalue weighted by molar-refractivity contribution is -0.136. The van der Waals surface area contributed by atoms with E-state index in [9.17, 15) is 4.79 Å². The summed E-state index contributed by atoms with van der Waals surface area (Å²) >= 11 is 0. The molecule has 2 rings (SSSR count). The van der Waals surface area contributed by atoms with Crippen LogP contribution < -0.4 is 5.73 Å². The number of nitrogens with two attached hydrogens (primary N) is 1. The highest BCUT2D eigenvalue weighted by Crippen LogP contribution is 2.26. The Bertz CT molecular complexity index is 422. The summed E-state index contributed by atoms with van der Waals surface area (Å²) in [6, 6.07) is 10.3. The third kappa shape index (κ3) is 4.05. The van der Waals surface area contributed by atoms with Crippen molar-refractivity contribution < 1.29 is 9.53 Å². The molecule has 1 aromatic rings. The van der Waals surface area contributed by atoms with Crippen LogP contribution in [0.3, 0.4) is 0 Å². The number of methoxy groups -OCH3 is 1. The first-order chi connectivity index (χ1) is 9.70. The van der Waals surface area contributed by atoms with Gasteiger partial charge >= 0.3 is 0 Å². The molecule has 4 heteroatoms. The van der Waals surface area contributed by atoms with Crippen molar-refractivity contribution >= 4 is 5.91 Å². The number of amides is 1. The maximum absolute atomic E-state index is 12.6. The predicted octanol–water partition coefficient (Wildman–Crippen LogP) is 1.79. The largest absolute Gasteiger partial charge is 0.383 e. The van der Waals surface area contributed by atoms with E-state index in [1.165, 1.54) is 0 Å². The Balaban J connectivity index is 2.00. The average molecular weight is 276 g/mol. The molecule has 0 bridgehead atoms. The van der Waals surface area contributed by atoms with Crippen molar-refractivity contribution in [2.75, 3.05) is 20.3 Å². The first-order valence-electron chi connectivity index (χ1n) is 7.28. The van der Waals surface area contributed by atoms with E-state index in [-0.39, 0.29) is 17.9 Å². The summed E-state index contributed by atoms with van der Waals surface area (Å²) < 4.78 is 5.13. The number of carbonyl (C=O) groups excluding carboxylic acids is 1. The molecule has 0 radical (unpaired) electrons. The number of ether oxygens (including phenoxy) is 1. The van der Waals surface area contributed by atoms with Crippen LogP contribution in [0.15, 0.2) is 30.3 Å². The molecule has 2 atom stereocenters. The van der Waals surface area contributed by atoms with Crippen LogP contribution >= 0.6 is 0 Å². The van der Waals surface area contributed by atoms with Crippen LogP contribution in [0.5, 0.6) is 0 Å². The molecule has 0 saturated heterocycles. The number of benzene rings is 1. The summed E-state index contributed by atoms with van der Waals surface area (Å²) in [4.78, 5) is 14.5. The molecule has 0 spiro atoms. The predicted molar refractivity (Wildman–Crippen MR) is 79.1 cm³/mol. The van der Waals surface area contributed by atoms with Gasteiger partial charge in [0.05, 0.1) is 6.61 Å². The highest BCUT2D eigenvalue weighted by atomic mass is 16.5. The Morgan fingerprint density at radius 3 is 2.70 bits per heavy atom. The number of hydrogen-bond acceptors (Lipinski definition) is 3. The van der Waals surface area contributed by atoms with Crippen LogP contribution in [0, 0.1) is 5.92 Å². The fourth-order valence-corrected chi connectivity index (χ4v) is 2.77. The molecule has 1 aliphatic rings. The molecule has 0 heterocycles. The second-order valence-electron chi connectivity index (χ2n) is 5.51. The molecule has 2 unspecified atom stereocenters. The second-order valence-corrected chi connectivity index (χ2v) is 5.51. The van der Waals surface area contributed by atoms with Crippen molar-refractivity contribution in [2.24, 2.45) is 11.7 Å². The van der Waals surface area contributed by atoms with Crippen molar-refractivity contribution in [3.8, 4) is 0 Å². The SMILES string of the molecule is COCCN(Cc1ccccc1)C(=O)C1CCC(N)C1. The Labute approximate surface area is 120 Å². The zero-order valence-corrected chi connectivity index (χ0v) is 12.1. The highest BCUT2D eigenvalue weighted by Gasteiger charge is 2.30. The Morgan fingerprint density at radius 2 is 2.10 bits per heavy atom. The van der Waals surface area contributed by atoms with Gasteiger partial charge in [0.25, 0.3) is 0 Å². The first-order valence-corrected chi connectivity index (χ1v) is 7.28. The van der Waals surface area contributed by atoms with Gasteiger partial charge in [0.15, 0.2) is 0 Å². The van der Waals surface area contributed by atoms with E-state index < -0.39 is 0 Å². The first kappa shape index (κ1) is 15.0. The van der Waals surface area contributed by atoms with Crippen molar-refractivity contribution in [1.29, 1.82) is 0 Å². The summed E-state index contributed by atoms with van der Waals surface area (Å²) in [6.07, 6.45) is 2.69. The summed E-state index contributed by atoms with van der Waals surface area (Å²) in [5.41, 5.74) is 7.07. The van der Waals surface area contributed by atoms with Gasteiger partial charge < -0.3 is 15.4 Å². The highest BCUT2D eigenvalue weighted by molar-refractivity contribution is 5.79. The fourth-order valence-electron chi connectivity index (χ4n) is 2.77. The van der Waals surface area contributed by atoms with Crippen LogP contribution in [-0.2, 0) is 16.1 Å². The van der Waals surface area contributed by atoms with E-state index in [0.29, 0.717) is 19.7 Å². The normalized spacial score (nSPS) is 21.9. The van der Waals surface area contributed by atoms with Gasteiger partial charge in [-0.1, -0.05) is 30.3 Å². The average Bonchev–Trinajstić information content (AvgIpc) is 2.90. The summed E-state index contributed by atoms with van der Waals surface area (Å²) in [6.45, 7) is 1.85. The van der Waals surface area contributed by atoms with Crippen molar-refractivity contribution in [1.82, 2.24) is 4.90 Å². The smallest absolute Gasteiger partial charge is 0.226 e. The molecule has 1 saturated carbocycles. The zero-order valence-electron chi connectivity index (χ0n) is 12.1. The maximum Gasteiger partial charge on any atom is 0.226 e. The molecular formula is C16H24N2O2. The van der Waals surface area contributed by atoms with Crippen LogP contribution in [0.4, 0.5) is 0 Å². The van der Waals surface area contributed by atoms with E-state index >= 15 is 0 Å². The molecule has 4 nitrogen and oxygen atoms in total. The third-order valence-corrected chi connectivity index (χ3v) is 3.92. The third-order valence-electron chi connectivity index (χ3n) is 3.92. The zero-order chi connectivity index (χ0) is 14.4. The van der Waals surface area contributed by atoms with Gasteiger partial charge in [-0.05, 0) is 24.8 Å². The lowest BCUT2D eigenvalue weighted by atomic mass is 10.1. The van der Waals surface area contributed by atoms with Gasteiger partial charge in [-0.25, -0.2) is 0 Å². The van der Waals surface area contributed by atoms with Gasteiger partial charge in [0, 0.05) is 32.2 Å². The second kappa shape index (κ2) is 7.41. The van der Waals surface area contributed by atoms with Gasteiger partial charge in [0.1, 0.15) is 0 Å². The van der Waals surface area contributed by atoms with Gasteiger partial charge in [-0.2, -0.15) is 0 Å². The summed E-state index contributed by atoms with van der Waals surface area (Å²) in [5, 5.41) is 0. The maximum atomic E-state index is 12.6.